The summed E-state index contributed by atoms with van der Waals surface area (Å²) < 4.78 is 41.3. The summed E-state index contributed by atoms with van der Waals surface area (Å²) in [5.74, 6) is 3.37. The van der Waals surface area contributed by atoms with Gasteiger partial charge in [-0.1, -0.05) is 95.8 Å². The molecule has 0 spiro atoms. The van der Waals surface area contributed by atoms with Gasteiger partial charge < -0.3 is 22.3 Å². The molecule has 3 fully saturated rings. The number of halogens is 2. The number of hydrogen-bond acceptors (Lipinski definition) is 2. The van der Waals surface area contributed by atoms with E-state index in [0.29, 0.717) is 41.0 Å². The minimum Gasteiger partial charge on any atom is -0.462 e. The molecule has 0 saturated heterocycles. The maximum absolute atomic E-state index is 16.2. The van der Waals surface area contributed by atoms with E-state index in [2.05, 4.69) is 58.1 Å². The smallest absolute Gasteiger partial charge is 0.462 e. The highest BCUT2D eigenvalue weighted by Crippen LogP contribution is 2.67. The summed E-state index contributed by atoms with van der Waals surface area (Å²) in [4.78, 5) is 13.0. The van der Waals surface area contributed by atoms with E-state index in [0.717, 1.165) is 97.7 Å². The van der Waals surface area contributed by atoms with E-state index < -0.39 is 6.97 Å². The highest BCUT2D eigenvalue weighted by molar-refractivity contribution is 6.58. The van der Waals surface area contributed by atoms with Crippen molar-refractivity contribution in [2.24, 2.45) is 40.4 Å². The summed E-state index contributed by atoms with van der Waals surface area (Å²) in [6.45, 7) is 13.7. The number of hydrogen-bond donors (Lipinski definition) is 0. The van der Waals surface area contributed by atoms with Crippen molar-refractivity contribution in [2.75, 3.05) is 0 Å². The first-order chi connectivity index (χ1) is 29.2. The van der Waals surface area contributed by atoms with Crippen LogP contribution in [0.4, 0.5) is 8.63 Å². The molecule has 0 N–H and O–H groups in total. The van der Waals surface area contributed by atoms with Crippen molar-refractivity contribution in [2.45, 2.75) is 203 Å². The third-order valence-electron chi connectivity index (χ3n) is 17.3. The molecule has 61 heavy (non-hydrogen) atoms. The Morgan fingerprint density at radius 1 is 0.934 bits per heavy atom. The Balaban J connectivity index is 0.878. The average molecular weight is 839 g/mol. The monoisotopic (exact) mass is 839 g/mol. The highest BCUT2D eigenvalue weighted by atomic mass is 19.2. The van der Waals surface area contributed by atoms with E-state index in [4.69, 9.17) is 4.74 Å². The number of aryl methyl sites for hydroxylation is 2. The first kappa shape index (κ1) is 46.0. The zero-order valence-corrected chi connectivity index (χ0v) is 39.6. The van der Waals surface area contributed by atoms with Crippen LogP contribution in [0.1, 0.15) is 200 Å². The Morgan fingerprint density at radius 3 is 2.41 bits per heavy atom. The van der Waals surface area contributed by atoms with Gasteiger partial charge in [0.2, 0.25) is 0 Å². The number of allylic oxidation sites excluding steroid dienone is 8. The number of ether oxygens (including phenoxy) is 1. The molecule has 0 amide bonds. The molecule has 7 heteroatoms. The number of unbranched alkanes of at least 4 members (excludes halogenated alkanes) is 8. The number of fused-ring (bicyclic) bond motifs is 7. The van der Waals surface area contributed by atoms with Crippen molar-refractivity contribution in [1.82, 2.24) is 4.48 Å². The van der Waals surface area contributed by atoms with E-state index in [-0.39, 0.29) is 17.5 Å². The Labute approximate surface area is 369 Å². The molecule has 2 aliphatic heterocycles. The number of carbonyl (C=O) groups excluding carboxylic acids is 1. The maximum Gasteiger partial charge on any atom is 0.737 e. The van der Waals surface area contributed by atoms with Crippen molar-refractivity contribution >= 4 is 24.2 Å². The minimum atomic E-state index is -3.93. The van der Waals surface area contributed by atoms with Crippen LogP contribution in [0.15, 0.2) is 59.4 Å². The molecule has 8 atom stereocenters. The SMILES string of the molecule is CCCCC/C=C\C/C=C\CCCCCCCC(=O)O[C@H]1CC[C@@]2(C)C(=CC[C@H]3[C@@H]4CC[C@H]([C@H](C)CCC5=C6C(C)=CC(C)=[N+]6[B-](F)(F)n6c(C)cc(C)c65)[C@@]4(C)CC[C@@H]32)C1. The zero-order chi connectivity index (χ0) is 43.5. The van der Waals surface area contributed by atoms with Gasteiger partial charge in [-0.25, -0.2) is 0 Å². The topological polar surface area (TPSA) is 34.2 Å². The van der Waals surface area contributed by atoms with Gasteiger partial charge in [0.25, 0.3) is 0 Å². The predicted octanol–water partition coefficient (Wildman–Crippen LogP) is 15.2. The molecular weight excluding hydrogens is 757 g/mol. The van der Waals surface area contributed by atoms with Crippen molar-refractivity contribution < 1.29 is 22.6 Å². The zero-order valence-electron chi connectivity index (χ0n) is 39.6. The molecule has 0 aromatic carbocycles. The van der Waals surface area contributed by atoms with Crippen LogP contribution in [-0.4, -0.2) is 33.7 Å². The second-order valence-electron chi connectivity index (χ2n) is 21.3. The maximum atomic E-state index is 16.2. The summed E-state index contributed by atoms with van der Waals surface area (Å²) in [5.41, 5.74) is 7.99. The molecule has 6 aliphatic rings. The van der Waals surface area contributed by atoms with Gasteiger partial charge in [-0.05, 0) is 175 Å². The molecule has 7 rings (SSSR count). The molecular formula is C54H81BF2N2O2. The molecule has 4 aliphatic carbocycles. The fraction of sp³-hybridized carbons (Fsp3) is 0.704. The van der Waals surface area contributed by atoms with Gasteiger partial charge in [0.15, 0.2) is 5.70 Å². The van der Waals surface area contributed by atoms with E-state index in [9.17, 15) is 4.79 Å². The molecule has 0 unspecified atom stereocenters. The fourth-order valence-corrected chi connectivity index (χ4v) is 14.3. The van der Waals surface area contributed by atoms with Gasteiger partial charge in [-0.2, -0.15) is 0 Å². The average Bonchev–Trinajstić information content (AvgIpc) is 3.85. The lowest BCUT2D eigenvalue weighted by molar-refractivity contribution is -0.363. The normalized spacial score (nSPS) is 30.9. The first-order valence-corrected chi connectivity index (χ1v) is 25.2. The highest BCUT2D eigenvalue weighted by Gasteiger charge is 2.60. The lowest BCUT2D eigenvalue weighted by atomic mass is 9.47. The van der Waals surface area contributed by atoms with Crippen LogP contribution >= 0.6 is 0 Å². The van der Waals surface area contributed by atoms with Crippen molar-refractivity contribution in [3.63, 3.8) is 0 Å². The van der Waals surface area contributed by atoms with Gasteiger partial charge in [-0.3, -0.25) is 4.79 Å². The van der Waals surface area contributed by atoms with Crippen LogP contribution in [0.5, 0.6) is 0 Å². The molecule has 1 aromatic rings. The minimum absolute atomic E-state index is 0.00666. The van der Waals surface area contributed by atoms with Crippen molar-refractivity contribution in [3.05, 3.63) is 76.3 Å². The van der Waals surface area contributed by atoms with Gasteiger partial charge in [0.1, 0.15) is 11.8 Å². The lowest BCUT2D eigenvalue weighted by Crippen LogP contribution is -2.51. The van der Waals surface area contributed by atoms with Gasteiger partial charge in [0.05, 0.1) is 0 Å². The Hall–Kier alpha value is -2.96. The Bertz CT molecular complexity index is 1950. The summed E-state index contributed by atoms with van der Waals surface area (Å²) in [5, 5.41) is 0. The van der Waals surface area contributed by atoms with Crippen molar-refractivity contribution in [1.29, 1.82) is 0 Å². The van der Waals surface area contributed by atoms with Crippen molar-refractivity contribution in [3.8, 4) is 0 Å². The molecule has 3 heterocycles. The molecule has 0 bridgehead atoms. The number of carbonyl (C=O) groups is 1. The van der Waals surface area contributed by atoms with Crippen LogP contribution in [0, 0.1) is 54.3 Å². The van der Waals surface area contributed by atoms with Gasteiger partial charge in [-0.15, -0.1) is 0 Å². The third-order valence-corrected chi connectivity index (χ3v) is 17.3. The second-order valence-corrected chi connectivity index (χ2v) is 21.3. The number of esters is 1. The summed E-state index contributed by atoms with van der Waals surface area (Å²) in [6.07, 6.45) is 38.7. The summed E-state index contributed by atoms with van der Waals surface area (Å²) in [7, 11) is 0. The van der Waals surface area contributed by atoms with Crippen LogP contribution in [0.2, 0.25) is 0 Å². The standard InChI is InChI=1S/C54H81BF2N2O2/c1-9-10-11-12-13-14-15-16-17-18-19-20-21-22-23-24-50(60)61-44-31-33-53(7)43(37-44)26-28-45-48-30-29-47(54(48,8)34-32-49(45)53)38(2)25-27-46-51-39(3)35-41(5)58(51)55(56,57)59-42(6)36-40(4)52(46)59/h13-14,16-17,26,35-36,38,44-45,47-49H,9-12,15,18-25,27-34,37H2,1-8H3/b14-13-,17-16-/t38-,44+,45+,47-,48+,49+,53+,54-/m1/s1. The predicted molar refractivity (Wildman–Crippen MR) is 252 cm³/mol. The second kappa shape index (κ2) is 19.4. The molecule has 1 aromatic heterocycles. The fourth-order valence-electron chi connectivity index (χ4n) is 14.3. The van der Waals surface area contributed by atoms with E-state index in [1.54, 1.807) is 5.57 Å². The molecule has 4 nitrogen and oxygen atoms in total. The summed E-state index contributed by atoms with van der Waals surface area (Å²) >= 11 is 0. The van der Waals surface area contributed by atoms with Crippen LogP contribution in [0.25, 0.3) is 5.57 Å². The lowest BCUT2D eigenvalue weighted by Gasteiger charge is -2.58. The molecule has 0 radical (unpaired) electrons. The largest absolute Gasteiger partial charge is 0.737 e. The third kappa shape index (κ3) is 9.20. The summed E-state index contributed by atoms with van der Waals surface area (Å²) in [6, 6.07) is 1.95. The van der Waals surface area contributed by atoms with Crippen LogP contribution in [0.3, 0.4) is 0 Å². The molecule has 336 valence electrons. The number of rotatable bonds is 19. The number of nitrogens with zero attached hydrogens (tertiary/aromatic N) is 2. The number of aromatic nitrogens is 1. The Morgan fingerprint density at radius 2 is 1.66 bits per heavy atom. The molecule has 3 saturated carbocycles. The first-order valence-electron chi connectivity index (χ1n) is 25.2. The van der Waals surface area contributed by atoms with Crippen LogP contribution in [-0.2, 0) is 9.53 Å². The Kier molecular flexibility index (Phi) is 14.7. The van der Waals surface area contributed by atoms with E-state index in [1.165, 1.54) is 86.0 Å². The van der Waals surface area contributed by atoms with E-state index >= 15 is 8.63 Å². The quantitative estimate of drug-likeness (QED) is 0.0602. The van der Waals surface area contributed by atoms with Gasteiger partial charge >= 0.3 is 12.9 Å². The van der Waals surface area contributed by atoms with Crippen LogP contribution < -0.4 is 0 Å². The van der Waals surface area contributed by atoms with E-state index in [1.807, 2.05) is 39.8 Å². The van der Waals surface area contributed by atoms with Gasteiger partial charge in [0, 0.05) is 42.7 Å².